The maximum Gasteiger partial charge on any atom is 0.337 e. The molecule has 0 spiro atoms. The van der Waals surface area contributed by atoms with Crippen molar-refractivity contribution in [2.24, 2.45) is 5.10 Å². The molecular weight excluding hydrogens is 551 g/mol. The van der Waals surface area contributed by atoms with E-state index in [2.05, 4.69) is 37.8 Å². The average molecular weight is 566 g/mol. The average Bonchev–Trinajstić information content (AvgIpc) is 2.75. The van der Waals surface area contributed by atoms with Crippen molar-refractivity contribution < 1.29 is 23.2 Å². The van der Waals surface area contributed by atoms with Crippen LogP contribution in [-0.4, -0.2) is 30.6 Å². The Hall–Kier alpha value is -3.52. The molecule has 12 heteroatoms. The maximum absolute atomic E-state index is 13.0. The first kappa shape index (κ1) is 23.1. The van der Waals surface area contributed by atoms with E-state index in [1.165, 1.54) is 36.5 Å². The normalized spacial score (nSPS) is 11.3. The van der Waals surface area contributed by atoms with Crippen LogP contribution in [0.3, 0.4) is 0 Å². The highest BCUT2D eigenvalue weighted by Gasteiger charge is 2.24. The molecule has 0 amide bonds. The Morgan fingerprint density at radius 1 is 1.06 bits per heavy atom. The highest BCUT2D eigenvalue weighted by atomic mass is 127. The van der Waals surface area contributed by atoms with Gasteiger partial charge in [0.15, 0.2) is 0 Å². The second-order valence-electron chi connectivity index (χ2n) is 6.29. The number of sulfonamides is 1. The fourth-order valence-electron chi connectivity index (χ4n) is 2.65. The van der Waals surface area contributed by atoms with E-state index in [0.29, 0.717) is 0 Å². The molecule has 0 heterocycles. The number of non-ortho nitro benzene ring substituents is 1. The first-order valence-corrected chi connectivity index (χ1v) is 11.4. The van der Waals surface area contributed by atoms with Crippen molar-refractivity contribution in [1.29, 1.82) is 0 Å². The van der Waals surface area contributed by atoms with Crippen LogP contribution in [-0.2, 0) is 10.0 Å². The number of carboxylic acid groups (broad SMARTS) is 1. The van der Waals surface area contributed by atoms with E-state index in [1.807, 2.05) is 24.3 Å². The van der Waals surface area contributed by atoms with E-state index in [-0.39, 0.29) is 16.9 Å². The van der Waals surface area contributed by atoms with Crippen LogP contribution in [0.25, 0.3) is 0 Å². The maximum atomic E-state index is 13.0. The molecule has 3 aromatic carbocycles. The number of nitro groups is 1. The van der Waals surface area contributed by atoms with Crippen molar-refractivity contribution in [2.75, 3.05) is 10.1 Å². The van der Waals surface area contributed by atoms with Gasteiger partial charge in [-0.05, 0) is 46.9 Å². The van der Waals surface area contributed by atoms with Crippen LogP contribution in [0.15, 0.2) is 76.7 Å². The number of benzene rings is 3. The number of carboxylic acids is 1. The molecule has 10 nitrogen and oxygen atoms in total. The van der Waals surface area contributed by atoms with E-state index >= 15 is 0 Å². The molecule has 0 aliphatic rings. The monoisotopic (exact) mass is 566 g/mol. The summed E-state index contributed by atoms with van der Waals surface area (Å²) in [6.45, 7) is 0. The molecule has 0 saturated heterocycles. The van der Waals surface area contributed by atoms with Crippen molar-refractivity contribution in [3.05, 3.63) is 91.5 Å². The molecule has 0 bridgehead atoms. The smallest absolute Gasteiger partial charge is 0.337 e. The molecule has 32 heavy (non-hydrogen) atoms. The van der Waals surface area contributed by atoms with Crippen LogP contribution in [0.2, 0.25) is 0 Å². The minimum Gasteiger partial charge on any atom is -0.478 e. The van der Waals surface area contributed by atoms with Crippen LogP contribution >= 0.6 is 22.6 Å². The van der Waals surface area contributed by atoms with Gasteiger partial charge in [-0.25, -0.2) is 13.2 Å². The fraction of sp³-hybridized carbons (Fsp3) is 0. The Balaban J connectivity index is 2.00. The van der Waals surface area contributed by atoms with Gasteiger partial charge in [-0.3, -0.25) is 20.3 Å². The Morgan fingerprint density at radius 2 is 1.75 bits per heavy atom. The van der Waals surface area contributed by atoms with E-state index < -0.39 is 31.5 Å². The number of carbonyl (C=O) groups is 1. The SMILES string of the molecule is O=C(O)c1ccccc1NS(=O)(=O)c1cc([N+](=O)[O-])ccc1N/N=C\c1ccccc1I. The fourth-order valence-corrected chi connectivity index (χ4v) is 4.43. The van der Waals surface area contributed by atoms with Crippen molar-refractivity contribution in [1.82, 2.24) is 0 Å². The van der Waals surface area contributed by atoms with Gasteiger partial charge < -0.3 is 5.11 Å². The van der Waals surface area contributed by atoms with Crippen molar-refractivity contribution in [3.8, 4) is 0 Å². The van der Waals surface area contributed by atoms with Crippen molar-refractivity contribution in [2.45, 2.75) is 4.90 Å². The first-order valence-electron chi connectivity index (χ1n) is 8.86. The van der Waals surface area contributed by atoms with E-state index in [9.17, 15) is 28.4 Å². The van der Waals surface area contributed by atoms with E-state index in [4.69, 9.17) is 0 Å². The summed E-state index contributed by atoms with van der Waals surface area (Å²) < 4.78 is 29.2. The molecule has 164 valence electrons. The molecule has 0 fully saturated rings. The number of halogens is 1. The highest BCUT2D eigenvalue weighted by molar-refractivity contribution is 14.1. The van der Waals surface area contributed by atoms with Gasteiger partial charge in [0.25, 0.3) is 15.7 Å². The number of hydrazone groups is 1. The molecular formula is C20H15IN4O6S. The van der Waals surface area contributed by atoms with Gasteiger partial charge in [0.1, 0.15) is 4.90 Å². The summed E-state index contributed by atoms with van der Waals surface area (Å²) in [6.07, 6.45) is 1.48. The number of nitrogens with zero attached hydrogens (tertiary/aromatic N) is 2. The molecule has 0 radical (unpaired) electrons. The number of nitrogens with one attached hydrogen (secondary N) is 2. The first-order chi connectivity index (χ1) is 15.2. The number of hydrogen-bond acceptors (Lipinski definition) is 7. The highest BCUT2D eigenvalue weighted by Crippen LogP contribution is 2.29. The summed E-state index contributed by atoms with van der Waals surface area (Å²) in [4.78, 5) is 21.4. The third-order valence-electron chi connectivity index (χ3n) is 4.16. The molecule has 0 saturated carbocycles. The molecule has 0 aliphatic carbocycles. The topological polar surface area (TPSA) is 151 Å². The minimum absolute atomic E-state index is 0.0295. The Bertz CT molecular complexity index is 1330. The molecule has 3 N–H and O–H groups in total. The lowest BCUT2D eigenvalue weighted by Gasteiger charge is -2.13. The third kappa shape index (κ3) is 5.39. The van der Waals surface area contributed by atoms with Gasteiger partial charge in [0.2, 0.25) is 0 Å². The van der Waals surface area contributed by atoms with Gasteiger partial charge in [0.05, 0.1) is 28.1 Å². The summed E-state index contributed by atoms with van der Waals surface area (Å²) in [6, 6.07) is 16.0. The number of aromatic carboxylic acids is 1. The molecule has 3 rings (SSSR count). The molecule has 0 atom stereocenters. The van der Waals surface area contributed by atoms with Gasteiger partial charge in [-0.15, -0.1) is 0 Å². The van der Waals surface area contributed by atoms with Gasteiger partial charge in [-0.1, -0.05) is 30.3 Å². The minimum atomic E-state index is -4.41. The largest absolute Gasteiger partial charge is 0.478 e. The van der Waals surface area contributed by atoms with E-state index in [0.717, 1.165) is 21.3 Å². The summed E-state index contributed by atoms with van der Waals surface area (Å²) in [5, 5.41) is 24.5. The summed E-state index contributed by atoms with van der Waals surface area (Å²) in [5.41, 5.74) is 2.44. The Labute approximate surface area is 196 Å². The lowest BCUT2D eigenvalue weighted by atomic mass is 10.2. The molecule has 0 aromatic heterocycles. The van der Waals surface area contributed by atoms with Crippen LogP contribution in [0.1, 0.15) is 15.9 Å². The lowest BCUT2D eigenvalue weighted by molar-refractivity contribution is -0.385. The van der Waals surface area contributed by atoms with Gasteiger partial charge >= 0.3 is 5.97 Å². The van der Waals surface area contributed by atoms with Gasteiger partial charge in [0, 0.05) is 21.3 Å². The zero-order valence-electron chi connectivity index (χ0n) is 16.1. The predicted molar refractivity (Wildman–Crippen MR) is 128 cm³/mol. The van der Waals surface area contributed by atoms with Gasteiger partial charge in [-0.2, -0.15) is 5.10 Å². The predicted octanol–water partition coefficient (Wildman–Crippen LogP) is 4.14. The Kier molecular flexibility index (Phi) is 7.05. The number of rotatable bonds is 8. The van der Waals surface area contributed by atoms with Crippen LogP contribution in [0.4, 0.5) is 17.1 Å². The van der Waals surface area contributed by atoms with Crippen molar-refractivity contribution in [3.63, 3.8) is 0 Å². The molecule has 0 unspecified atom stereocenters. The summed E-state index contributed by atoms with van der Waals surface area (Å²) in [5.74, 6) is -1.33. The van der Waals surface area contributed by atoms with Crippen LogP contribution < -0.4 is 10.1 Å². The number of hydrogen-bond donors (Lipinski definition) is 3. The summed E-state index contributed by atoms with van der Waals surface area (Å²) in [7, 11) is -4.41. The third-order valence-corrected chi connectivity index (χ3v) is 6.55. The van der Waals surface area contributed by atoms with Crippen LogP contribution in [0.5, 0.6) is 0 Å². The molecule has 3 aromatic rings. The number of nitro benzene ring substituents is 1. The quantitative estimate of drug-likeness (QED) is 0.160. The lowest BCUT2D eigenvalue weighted by Crippen LogP contribution is -2.17. The second kappa shape index (κ2) is 9.74. The van der Waals surface area contributed by atoms with Crippen molar-refractivity contribution >= 4 is 61.9 Å². The standard InChI is InChI=1S/C20H15IN4O6S/c21-16-7-3-1-5-13(16)12-22-23-18-10-9-14(25(28)29)11-19(18)32(30,31)24-17-8-4-2-6-15(17)20(26)27/h1-12,23-24H,(H,26,27)/b22-12-. The zero-order valence-corrected chi connectivity index (χ0v) is 19.1. The summed E-state index contributed by atoms with van der Waals surface area (Å²) >= 11 is 2.12. The number of anilines is 2. The number of para-hydroxylation sites is 1. The van der Waals surface area contributed by atoms with E-state index in [1.54, 1.807) is 0 Å². The molecule has 0 aliphatic heterocycles. The Morgan fingerprint density at radius 3 is 2.44 bits per heavy atom. The van der Waals surface area contributed by atoms with Crippen LogP contribution in [0, 0.1) is 13.7 Å². The zero-order chi connectivity index (χ0) is 23.3. The second-order valence-corrected chi connectivity index (χ2v) is 9.10.